The number of aromatic nitrogens is 1. The van der Waals surface area contributed by atoms with Gasteiger partial charge in [-0.2, -0.15) is 0 Å². The first-order valence-electron chi connectivity index (χ1n) is 6.19. The molecule has 0 atom stereocenters. The maximum Gasteiger partial charge on any atom is 0.358 e. The number of para-hydroxylation sites is 1. The molecule has 0 aliphatic carbocycles. The molecule has 106 valence electrons. The van der Waals surface area contributed by atoms with Gasteiger partial charge < -0.3 is 15.2 Å². The number of ether oxygens (including phenoxy) is 2. The molecular weight excluding hydrogens is 276 g/mol. The molecule has 2 rings (SSSR count). The van der Waals surface area contributed by atoms with Crippen molar-refractivity contribution in [1.82, 2.24) is 4.98 Å². The summed E-state index contributed by atoms with van der Waals surface area (Å²) in [4.78, 5) is 16.7. The Morgan fingerprint density at radius 3 is 2.85 bits per heavy atom. The Hall–Kier alpha value is -2.08. The van der Waals surface area contributed by atoms with Gasteiger partial charge in [0, 0.05) is 11.3 Å². The molecular formula is C14H16N2O3S. The third-order valence-electron chi connectivity index (χ3n) is 2.73. The zero-order chi connectivity index (χ0) is 14.5. The van der Waals surface area contributed by atoms with Crippen molar-refractivity contribution in [1.29, 1.82) is 0 Å². The molecule has 0 spiro atoms. The second-order valence-electron chi connectivity index (χ2n) is 4.03. The van der Waals surface area contributed by atoms with Crippen LogP contribution in [0, 0.1) is 0 Å². The van der Waals surface area contributed by atoms with Gasteiger partial charge in [-0.15, -0.1) is 11.3 Å². The molecule has 20 heavy (non-hydrogen) atoms. The Labute approximate surface area is 121 Å². The highest BCUT2D eigenvalue weighted by molar-refractivity contribution is 7.15. The molecule has 0 fully saturated rings. The third-order valence-corrected chi connectivity index (χ3v) is 3.61. The van der Waals surface area contributed by atoms with Crippen LogP contribution < -0.4 is 10.5 Å². The monoisotopic (exact) mass is 292 g/mol. The number of anilines is 1. The Kier molecular flexibility index (Phi) is 4.57. The number of hydrogen-bond donors (Lipinski definition) is 1. The quantitative estimate of drug-likeness (QED) is 0.857. The zero-order valence-electron chi connectivity index (χ0n) is 11.4. The summed E-state index contributed by atoms with van der Waals surface area (Å²) >= 11 is 1.29. The summed E-state index contributed by atoms with van der Waals surface area (Å²) in [6, 6.07) is 7.65. The Morgan fingerprint density at radius 1 is 1.40 bits per heavy atom. The number of hydrogen-bond acceptors (Lipinski definition) is 6. The molecule has 0 aliphatic rings. The van der Waals surface area contributed by atoms with Crippen LogP contribution in [0.2, 0.25) is 0 Å². The van der Waals surface area contributed by atoms with Gasteiger partial charge in [0.25, 0.3) is 0 Å². The fourth-order valence-electron chi connectivity index (χ4n) is 1.87. The number of esters is 1. The molecule has 2 aromatic rings. The normalized spacial score (nSPS) is 10.3. The second-order valence-corrected chi connectivity index (χ2v) is 5.15. The fourth-order valence-corrected chi connectivity index (χ4v) is 2.71. The Balaban J connectivity index is 2.31. The van der Waals surface area contributed by atoms with E-state index in [2.05, 4.69) is 4.98 Å². The number of methoxy groups -OCH3 is 1. The van der Waals surface area contributed by atoms with Gasteiger partial charge in [0.05, 0.1) is 13.7 Å². The van der Waals surface area contributed by atoms with E-state index in [1.54, 1.807) is 14.0 Å². The lowest BCUT2D eigenvalue weighted by atomic mass is 10.1. The van der Waals surface area contributed by atoms with E-state index in [4.69, 9.17) is 15.2 Å². The van der Waals surface area contributed by atoms with Crippen molar-refractivity contribution in [3.05, 3.63) is 40.4 Å². The van der Waals surface area contributed by atoms with Crippen molar-refractivity contribution < 1.29 is 14.3 Å². The summed E-state index contributed by atoms with van der Waals surface area (Å²) in [7, 11) is 1.62. The fraction of sp³-hybridized carbons (Fsp3) is 0.286. The van der Waals surface area contributed by atoms with E-state index >= 15 is 0 Å². The zero-order valence-corrected chi connectivity index (χ0v) is 12.2. The van der Waals surface area contributed by atoms with Crippen molar-refractivity contribution in [2.24, 2.45) is 0 Å². The van der Waals surface area contributed by atoms with Gasteiger partial charge in [0.2, 0.25) is 0 Å². The average Bonchev–Trinajstić information content (AvgIpc) is 2.80. The van der Waals surface area contributed by atoms with E-state index in [0.29, 0.717) is 23.9 Å². The predicted molar refractivity (Wildman–Crippen MR) is 78.3 cm³/mol. The summed E-state index contributed by atoms with van der Waals surface area (Å²) in [6.07, 6.45) is 0.535. The molecule has 0 saturated heterocycles. The van der Waals surface area contributed by atoms with Gasteiger partial charge in [-0.3, -0.25) is 0 Å². The van der Waals surface area contributed by atoms with Gasteiger partial charge >= 0.3 is 5.97 Å². The van der Waals surface area contributed by atoms with Crippen molar-refractivity contribution in [2.75, 3.05) is 19.5 Å². The van der Waals surface area contributed by atoms with Crippen LogP contribution in [-0.2, 0) is 11.2 Å². The lowest BCUT2D eigenvalue weighted by Crippen LogP contribution is -2.08. The van der Waals surface area contributed by atoms with Crippen LogP contribution in [0.1, 0.15) is 27.9 Å². The van der Waals surface area contributed by atoms with E-state index in [9.17, 15) is 4.79 Å². The molecule has 5 nitrogen and oxygen atoms in total. The van der Waals surface area contributed by atoms with Crippen molar-refractivity contribution in [2.45, 2.75) is 13.3 Å². The molecule has 0 aliphatic heterocycles. The van der Waals surface area contributed by atoms with Gasteiger partial charge in [-0.25, -0.2) is 9.78 Å². The van der Waals surface area contributed by atoms with Crippen LogP contribution >= 0.6 is 11.3 Å². The molecule has 0 amide bonds. The highest BCUT2D eigenvalue weighted by Crippen LogP contribution is 2.28. The maximum absolute atomic E-state index is 11.9. The first-order chi connectivity index (χ1) is 9.65. The van der Waals surface area contributed by atoms with Crippen LogP contribution in [0.4, 0.5) is 5.13 Å². The van der Waals surface area contributed by atoms with Crippen LogP contribution in [0.3, 0.4) is 0 Å². The second kappa shape index (κ2) is 6.38. The lowest BCUT2D eigenvalue weighted by Gasteiger charge is -2.07. The smallest absolute Gasteiger partial charge is 0.358 e. The van der Waals surface area contributed by atoms with E-state index in [1.165, 1.54) is 11.3 Å². The number of nitrogens with zero attached hydrogens (tertiary/aromatic N) is 1. The largest absolute Gasteiger partial charge is 0.496 e. The standard InChI is InChI=1S/C14H16N2O3S/c1-3-19-13(17)12-11(20-14(15)16-12)8-9-6-4-5-7-10(9)18-2/h4-7H,3,8H2,1-2H3,(H2,15,16). The van der Waals surface area contributed by atoms with E-state index in [-0.39, 0.29) is 0 Å². The average molecular weight is 292 g/mol. The molecule has 2 N–H and O–H groups in total. The third kappa shape index (κ3) is 3.08. The molecule has 1 aromatic heterocycles. The Bertz CT molecular complexity index is 610. The van der Waals surface area contributed by atoms with E-state index in [1.807, 2.05) is 24.3 Å². The summed E-state index contributed by atoms with van der Waals surface area (Å²) < 4.78 is 10.3. The SMILES string of the molecule is CCOC(=O)c1nc(N)sc1Cc1ccccc1OC. The number of carbonyl (C=O) groups excluding carboxylic acids is 1. The minimum absolute atomic E-state index is 0.292. The van der Waals surface area contributed by atoms with Gasteiger partial charge in [-0.05, 0) is 18.6 Å². The molecule has 0 radical (unpaired) electrons. The number of carbonyl (C=O) groups is 1. The summed E-state index contributed by atoms with van der Waals surface area (Å²) in [5, 5.41) is 0.359. The summed E-state index contributed by atoms with van der Waals surface area (Å²) in [6.45, 7) is 2.07. The van der Waals surface area contributed by atoms with Crippen LogP contribution in [0.25, 0.3) is 0 Å². The number of benzene rings is 1. The van der Waals surface area contributed by atoms with Gasteiger partial charge in [-0.1, -0.05) is 18.2 Å². The maximum atomic E-state index is 11.9. The topological polar surface area (TPSA) is 74.4 Å². The molecule has 0 unspecified atom stereocenters. The van der Waals surface area contributed by atoms with Crippen molar-refractivity contribution in [3.8, 4) is 5.75 Å². The first-order valence-corrected chi connectivity index (χ1v) is 7.01. The molecule has 6 heteroatoms. The van der Waals surface area contributed by atoms with Crippen molar-refractivity contribution >= 4 is 22.4 Å². The number of nitrogens with two attached hydrogens (primary N) is 1. The summed E-state index contributed by atoms with van der Waals surface area (Å²) in [5.41, 5.74) is 6.97. The molecule has 0 saturated carbocycles. The highest BCUT2D eigenvalue weighted by atomic mass is 32.1. The molecule has 0 bridgehead atoms. The summed E-state index contributed by atoms with van der Waals surface area (Å²) in [5.74, 6) is 0.333. The minimum Gasteiger partial charge on any atom is -0.496 e. The highest BCUT2D eigenvalue weighted by Gasteiger charge is 2.19. The van der Waals surface area contributed by atoms with Crippen LogP contribution in [0.5, 0.6) is 5.75 Å². The van der Waals surface area contributed by atoms with E-state index < -0.39 is 5.97 Å². The van der Waals surface area contributed by atoms with Crippen molar-refractivity contribution in [3.63, 3.8) is 0 Å². The number of nitrogen functional groups attached to an aromatic ring is 1. The minimum atomic E-state index is -0.439. The predicted octanol–water partition coefficient (Wildman–Crippen LogP) is 2.50. The first kappa shape index (κ1) is 14.3. The van der Waals surface area contributed by atoms with Gasteiger partial charge in [0.15, 0.2) is 10.8 Å². The Morgan fingerprint density at radius 2 is 2.15 bits per heavy atom. The van der Waals surface area contributed by atoms with Gasteiger partial charge in [0.1, 0.15) is 5.75 Å². The van der Waals surface area contributed by atoms with E-state index in [0.717, 1.165) is 16.2 Å². The number of thiazole rings is 1. The van der Waals surface area contributed by atoms with Crippen LogP contribution in [-0.4, -0.2) is 24.7 Å². The van der Waals surface area contributed by atoms with Crippen LogP contribution in [0.15, 0.2) is 24.3 Å². The molecule has 1 heterocycles. The molecule has 1 aromatic carbocycles. The number of rotatable bonds is 5. The lowest BCUT2D eigenvalue weighted by molar-refractivity contribution is 0.0519.